The first-order chi connectivity index (χ1) is 12.6. The van der Waals surface area contributed by atoms with Crippen molar-refractivity contribution in [2.24, 2.45) is 0 Å². The number of piperazine rings is 1. The summed E-state index contributed by atoms with van der Waals surface area (Å²) in [6.45, 7) is 5.53. The molecule has 1 saturated heterocycles. The van der Waals surface area contributed by atoms with Crippen molar-refractivity contribution in [2.45, 2.75) is 32.5 Å². The number of hydrogen-bond acceptors (Lipinski definition) is 3. The highest BCUT2D eigenvalue weighted by atomic mass is 19.1. The van der Waals surface area contributed by atoms with Gasteiger partial charge in [-0.2, -0.15) is 0 Å². The Kier molecular flexibility index (Phi) is 6.35. The molecule has 3 nitrogen and oxygen atoms in total. The Morgan fingerprint density at radius 1 is 1.00 bits per heavy atom. The first-order valence-corrected chi connectivity index (χ1v) is 9.12. The van der Waals surface area contributed by atoms with Crippen molar-refractivity contribution >= 4 is 0 Å². The third-order valence-electron chi connectivity index (χ3n) is 5.10. The van der Waals surface area contributed by atoms with Crippen LogP contribution in [0.25, 0.3) is 0 Å². The molecular formula is C21H26F2N2O. The van der Waals surface area contributed by atoms with E-state index in [1.807, 2.05) is 0 Å². The van der Waals surface area contributed by atoms with E-state index in [1.54, 1.807) is 0 Å². The lowest BCUT2D eigenvalue weighted by Crippen LogP contribution is -2.52. The molecule has 2 aromatic rings. The van der Waals surface area contributed by atoms with Crippen LogP contribution in [0.5, 0.6) is 0 Å². The van der Waals surface area contributed by atoms with Gasteiger partial charge < -0.3 is 5.11 Å². The van der Waals surface area contributed by atoms with Crippen LogP contribution in [0.4, 0.5) is 8.78 Å². The van der Waals surface area contributed by atoms with Crippen molar-refractivity contribution in [3.05, 3.63) is 70.8 Å². The zero-order valence-corrected chi connectivity index (χ0v) is 15.2. The highest BCUT2D eigenvalue weighted by molar-refractivity contribution is 5.22. The minimum atomic E-state index is -0.495. The summed E-state index contributed by atoms with van der Waals surface area (Å²) in [5, 5.41) is 9.44. The molecule has 0 saturated carbocycles. The largest absolute Gasteiger partial charge is 0.396 e. The lowest BCUT2D eigenvalue weighted by Gasteiger charge is -2.41. The zero-order valence-electron chi connectivity index (χ0n) is 15.2. The van der Waals surface area contributed by atoms with Crippen molar-refractivity contribution in [1.29, 1.82) is 0 Å². The molecule has 1 heterocycles. The van der Waals surface area contributed by atoms with Crippen LogP contribution in [0.1, 0.15) is 23.1 Å². The summed E-state index contributed by atoms with van der Waals surface area (Å²) < 4.78 is 27.9. The maximum Gasteiger partial charge on any atom is 0.130 e. The molecule has 1 aliphatic rings. The zero-order chi connectivity index (χ0) is 18.5. The smallest absolute Gasteiger partial charge is 0.130 e. The topological polar surface area (TPSA) is 26.7 Å². The van der Waals surface area contributed by atoms with Gasteiger partial charge in [0.1, 0.15) is 11.6 Å². The highest BCUT2D eigenvalue weighted by Gasteiger charge is 2.27. The quantitative estimate of drug-likeness (QED) is 0.856. The van der Waals surface area contributed by atoms with Gasteiger partial charge in [-0.15, -0.1) is 0 Å². The van der Waals surface area contributed by atoms with Gasteiger partial charge in [0.2, 0.25) is 0 Å². The molecular weight excluding hydrogens is 334 g/mol. The van der Waals surface area contributed by atoms with E-state index in [0.29, 0.717) is 13.0 Å². The van der Waals surface area contributed by atoms with Crippen LogP contribution < -0.4 is 0 Å². The molecule has 26 heavy (non-hydrogen) atoms. The second-order valence-electron chi connectivity index (χ2n) is 7.06. The molecule has 2 aromatic carbocycles. The van der Waals surface area contributed by atoms with Crippen LogP contribution in [-0.4, -0.2) is 47.2 Å². The second kappa shape index (κ2) is 8.71. The Bertz CT molecular complexity index is 700. The predicted octanol–water partition coefficient (Wildman–Crippen LogP) is 3.34. The van der Waals surface area contributed by atoms with E-state index in [-0.39, 0.29) is 24.8 Å². The van der Waals surface area contributed by atoms with Gasteiger partial charge in [-0.25, -0.2) is 8.78 Å². The number of hydrogen-bond donors (Lipinski definition) is 1. The molecule has 0 bridgehead atoms. The first-order valence-electron chi connectivity index (χ1n) is 9.12. The van der Waals surface area contributed by atoms with Crippen molar-refractivity contribution in [3.63, 3.8) is 0 Å². The average molecular weight is 360 g/mol. The van der Waals surface area contributed by atoms with Crippen molar-refractivity contribution < 1.29 is 13.9 Å². The Hall–Kier alpha value is -1.82. The molecule has 0 spiro atoms. The molecule has 0 radical (unpaired) electrons. The van der Waals surface area contributed by atoms with Gasteiger partial charge in [-0.05, 0) is 31.0 Å². The van der Waals surface area contributed by atoms with E-state index in [0.717, 1.165) is 19.6 Å². The fourth-order valence-corrected chi connectivity index (χ4v) is 3.57. The third kappa shape index (κ3) is 4.67. The normalized spacial score (nSPS) is 19.0. The van der Waals surface area contributed by atoms with Crippen LogP contribution in [-0.2, 0) is 13.1 Å². The number of aryl methyl sites for hydroxylation is 1. The molecule has 1 fully saturated rings. The highest BCUT2D eigenvalue weighted by Crippen LogP contribution is 2.21. The molecule has 1 aliphatic heterocycles. The molecule has 0 unspecified atom stereocenters. The van der Waals surface area contributed by atoms with Crippen LogP contribution in [0.3, 0.4) is 0 Å². The summed E-state index contributed by atoms with van der Waals surface area (Å²) in [4.78, 5) is 4.43. The SMILES string of the molecule is Cc1ccc(CN2CCN(Cc3c(F)cccc3F)C[C@@H]2CCO)cc1. The van der Waals surface area contributed by atoms with Gasteiger partial charge in [0.05, 0.1) is 0 Å². The number of rotatable bonds is 6. The van der Waals surface area contributed by atoms with Crippen molar-refractivity contribution in [1.82, 2.24) is 9.80 Å². The molecule has 140 valence electrons. The van der Waals surface area contributed by atoms with E-state index in [2.05, 4.69) is 41.0 Å². The molecule has 1 N–H and O–H groups in total. The third-order valence-corrected chi connectivity index (χ3v) is 5.10. The molecule has 0 aromatic heterocycles. The fraction of sp³-hybridized carbons (Fsp3) is 0.429. The lowest BCUT2D eigenvalue weighted by molar-refractivity contribution is 0.0489. The van der Waals surface area contributed by atoms with E-state index < -0.39 is 11.6 Å². The number of nitrogens with zero attached hydrogens (tertiary/aromatic N) is 2. The van der Waals surface area contributed by atoms with Gasteiger partial charge in [0.25, 0.3) is 0 Å². The summed E-state index contributed by atoms with van der Waals surface area (Å²) in [6, 6.07) is 12.6. The maximum atomic E-state index is 13.9. The Morgan fingerprint density at radius 3 is 2.35 bits per heavy atom. The first kappa shape index (κ1) is 19.0. The maximum absolute atomic E-state index is 13.9. The minimum Gasteiger partial charge on any atom is -0.396 e. The van der Waals surface area contributed by atoms with Crippen molar-refractivity contribution in [3.8, 4) is 0 Å². The predicted molar refractivity (Wildman–Crippen MR) is 98.7 cm³/mol. The van der Waals surface area contributed by atoms with Gasteiger partial charge >= 0.3 is 0 Å². The van der Waals surface area contributed by atoms with Crippen LogP contribution in [0.2, 0.25) is 0 Å². The van der Waals surface area contributed by atoms with E-state index in [4.69, 9.17) is 0 Å². The fourth-order valence-electron chi connectivity index (χ4n) is 3.57. The summed E-state index contributed by atoms with van der Waals surface area (Å²) >= 11 is 0. The number of halogens is 2. The van der Waals surface area contributed by atoms with Crippen molar-refractivity contribution in [2.75, 3.05) is 26.2 Å². The van der Waals surface area contributed by atoms with E-state index >= 15 is 0 Å². The lowest BCUT2D eigenvalue weighted by atomic mass is 10.1. The molecule has 1 atom stereocenters. The summed E-state index contributed by atoms with van der Waals surface area (Å²) in [5.74, 6) is -0.989. The van der Waals surface area contributed by atoms with Gasteiger partial charge in [0, 0.05) is 50.9 Å². The van der Waals surface area contributed by atoms with Crippen LogP contribution in [0.15, 0.2) is 42.5 Å². The summed E-state index contributed by atoms with van der Waals surface area (Å²) in [7, 11) is 0. The van der Waals surface area contributed by atoms with Crippen LogP contribution >= 0.6 is 0 Å². The molecule has 0 amide bonds. The summed E-state index contributed by atoms with van der Waals surface area (Å²) in [5.41, 5.74) is 2.60. The van der Waals surface area contributed by atoms with Gasteiger partial charge in [-0.1, -0.05) is 35.9 Å². The minimum absolute atomic E-state index is 0.108. The molecule has 5 heteroatoms. The number of aliphatic hydroxyl groups is 1. The van der Waals surface area contributed by atoms with E-state index in [9.17, 15) is 13.9 Å². The molecule has 0 aliphatic carbocycles. The van der Waals surface area contributed by atoms with Crippen LogP contribution in [0, 0.1) is 18.6 Å². The standard InChI is InChI=1S/C21H26F2N2O/c1-16-5-7-17(8-6-16)13-25-11-10-24(14-18(25)9-12-26)15-19-20(22)3-2-4-21(19)23/h2-8,18,26H,9-15H2,1H3/t18-/m0/s1. The van der Waals surface area contributed by atoms with E-state index in [1.165, 1.54) is 29.3 Å². The monoisotopic (exact) mass is 360 g/mol. The number of benzene rings is 2. The van der Waals surface area contributed by atoms with Gasteiger partial charge in [0.15, 0.2) is 0 Å². The molecule has 3 rings (SSSR count). The number of aliphatic hydroxyl groups excluding tert-OH is 1. The van der Waals surface area contributed by atoms with Gasteiger partial charge in [-0.3, -0.25) is 9.80 Å². The Labute approximate surface area is 153 Å². The summed E-state index contributed by atoms with van der Waals surface area (Å²) in [6.07, 6.45) is 0.655. The Balaban J connectivity index is 1.66. The average Bonchev–Trinajstić information content (AvgIpc) is 2.62. The Morgan fingerprint density at radius 2 is 1.69 bits per heavy atom. The second-order valence-corrected chi connectivity index (χ2v) is 7.06.